The number of carbonyl (C=O) groups excluding carboxylic acids is 1. The van der Waals surface area contributed by atoms with Gasteiger partial charge in [-0.15, -0.1) is 0 Å². The van der Waals surface area contributed by atoms with E-state index < -0.39 is 5.60 Å². The number of hydrogen-bond acceptors (Lipinski definition) is 6. The third-order valence-corrected chi connectivity index (χ3v) is 4.86. The van der Waals surface area contributed by atoms with Gasteiger partial charge in [0.25, 0.3) is 0 Å². The maximum Gasteiger partial charge on any atom is 0.407 e. The Kier molecular flexibility index (Phi) is 3.77. The van der Waals surface area contributed by atoms with Gasteiger partial charge in [-0.05, 0) is 46.5 Å². The molecule has 2 N–H and O–H groups in total. The smallest absolute Gasteiger partial charge is 0.407 e. The number of nitrogens with zero attached hydrogens (tertiary/aromatic N) is 4. The molecule has 0 saturated carbocycles. The van der Waals surface area contributed by atoms with Crippen LogP contribution in [0.1, 0.15) is 46.5 Å². The Morgan fingerprint density at radius 3 is 2.68 bits per heavy atom. The van der Waals surface area contributed by atoms with Gasteiger partial charge < -0.3 is 15.0 Å². The van der Waals surface area contributed by atoms with E-state index in [9.17, 15) is 4.79 Å². The lowest BCUT2D eigenvalue weighted by Crippen LogP contribution is -2.51. The third kappa shape index (κ3) is 3.25. The van der Waals surface area contributed by atoms with E-state index >= 15 is 0 Å². The molecule has 0 spiro atoms. The molecule has 3 atom stereocenters. The van der Waals surface area contributed by atoms with Crippen molar-refractivity contribution in [3.8, 4) is 0 Å². The molecule has 1 amide bonds. The predicted octanol–water partition coefficient (Wildman–Crippen LogP) is 2.38. The number of aromatic nitrogens is 4. The first kappa shape index (κ1) is 16.1. The van der Waals surface area contributed by atoms with Gasteiger partial charge in [0, 0.05) is 18.1 Å². The minimum Gasteiger partial charge on any atom is -0.444 e. The maximum atomic E-state index is 12.0. The van der Waals surface area contributed by atoms with Crippen LogP contribution in [-0.4, -0.2) is 50.0 Å². The van der Waals surface area contributed by atoms with Crippen LogP contribution >= 0.6 is 0 Å². The summed E-state index contributed by atoms with van der Waals surface area (Å²) in [6.07, 6.45) is 7.20. The second-order valence-electron chi connectivity index (χ2n) is 7.94. The number of alkyl carbamates (subject to hydrolysis) is 1. The molecular weight excluding hydrogens is 320 g/mol. The van der Waals surface area contributed by atoms with Crippen molar-refractivity contribution < 1.29 is 9.53 Å². The van der Waals surface area contributed by atoms with Crippen LogP contribution in [0.15, 0.2) is 12.4 Å². The largest absolute Gasteiger partial charge is 0.444 e. The van der Waals surface area contributed by atoms with Crippen LogP contribution in [0.4, 0.5) is 10.6 Å². The van der Waals surface area contributed by atoms with E-state index in [0.717, 1.165) is 37.0 Å². The van der Waals surface area contributed by atoms with E-state index in [0.29, 0.717) is 17.7 Å². The summed E-state index contributed by atoms with van der Waals surface area (Å²) in [4.78, 5) is 23.5. The Morgan fingerprint density at radius 2 is 2.00 bits per heavy atom. The lowest BCUT2D eigenvalue weighted by Gasteiger charge is -2.39. The summed E-state index contributed by atoms with van der Waals surface area (Å²) in [6.45, 7) is 5.63. The highest BCUT2D eigenvalue weighted by molar-refractivity contribution is 5.70. The minimum atomic E-state index is -0.473. The number of fused-ring (bicyclic) bond motifs is 3. The molecule has 2 fully saturated rings. The zero-order chi connectivity index (χ0) is 17.6. The summed E-state index contributed by atoms with van der Waals surface area (Å²) >= 11 is 0. The van der Waals surface area contributed by atoms with Crippen molar-refractivity contribution in [1.82, 2.24) is 25.5 Å². The number of rotatable bonds is 2. The monoisotopic (exact) mass is 344 g/mol. The molecule has 0 aromatic carbocycles. The van der Waals surface area contributed by atoms with Crippen molar-refractivity contribution in [2.75, 3.05) is 4.90 Å². The highest BCUT2D eigenvalue weighted by Crippen LogP contribution is 2.38. The van der Waals surface area contributed by atoms with Gasteiger partial charge in [-0.1, -0.05) is 0 Å². The van der Waals surface area contributed by atoms with Gasteiger partial charge >= 0.3 is 6.09 Å². The Bertz CT molecular complexity index is 769. The molecular formula is C17H24N6O2. The standard InChI is InChI=1S/C17H24N6O2/c1-17(2,3)25-16(24)20-10-6-11-4-5-12(7-10)23(11)14-9-18-13-8-19-22-15(13)21-14/h8-12H,4-7H2,1-3H3,(H,20,24)(H,19,21,22)/t10-,11-,12+. The van der Waals surface area contributed by atoms with Gasteiger partial charge in [0.15, 0.2) is 5.65 Å². The van der Waals surface area contributed by atoms with E-state index in [1.54, 1.807) is 6.20 Å². The van der Waals surface area contributed by atoms with Crippen LogP contribution < -0.4 is 10.2 Å². The molecule has 0 unspecified atom stereocenters. The average molecular weight is 344 g/mol. The first-order valence-corrected chi connectivity index (χ1v) is 8.83. The number of ether oxygens (including phenoxy) is 1. The molecule has 8 nitrogen and oxygen atoms in total. The molecule has 2 bridgehead atoms. The zero-order valence-corrected chi connectivity index (χ0v) is 14.8. The number of anilines is 1. The normalized spacial score (nSPS) is 26.0. The quantitative estimate of drug-likeness (QED) is 0.868. The summed E-state index contributed by atoms with van der Waals surface area (Å²) in [7, 11) is 0. The summed E-state index contributed by atoms with van der Waals surface area (Å²) in [5.41, 5.74) is 1.02. The van der Waals surface area contributed by atoms with Crippen LogP contribution in [0.5, 0.6) is 0 Å². The van der Waals surface area contributed by atoms with Crippen molar-refractivity contribution in [2.45, 2.75) is 70.2 Å². The third-order valence-electron chi connectivity index (χ3n) is 4.86. The molecule has 8 heteroatoms. The Balaban J connectivity index is 1.46. The Morgan fingerprint density at radius 1 is 1.28 bits per heavy atom. The summed E-state index contributed by atoms with van der Waals surface area (Å²) < 4.78 is 5.39. The Labute approximate surface area is 146 Å². The lowest BCUT2D eigenvalue weighted by atomic mass is 9.97. The minimum absolute atomic E-state index is 0.146. The van der Waals surface area contributed by atoms with Crippen molar-refractivity contribution >= 4 is 23.1 Å². The second-order valence-corrected chi connectivity index (χ2v) is 7.94. The van der Waals surface area contributed by atoms with Crippen LogP contribution in [0, 0.1) is 0 Å². The molecule has 2 aromatic heterocycles. The molecule has 4 heterocycles. The van der Waals surface area contributed by atoms with Gasteiger partial charge in [-0.2, -0.15) is 5.10 Å². The van der Waals surface area contributed by atoms with Crippen LogP contribution in [0.3, 0.4) is 0 Å². The first-order chi connectivity index (χ1) is 11.9. The molecule has 2 aromatic rings. The maximum absolute atomic E-state index is 12.0. The highest BCUT2D eigenvalue weighted by Gasteiger charge is 2.42. The molecule has 0 radical (unpaired) electrons. The molecule has 4 rings (SSSR count). The van der Waals surface area contributed by atoms with E-state index in [4.69, 9.17) is 4.74 Å². The molecule has 134 valence electrons. The number of aromatic amines is 1. The predicted molar refractivity (Wildman–Crippen MR) is 93.4 cm³/mol. The lowest BCUT2D eigenvalue weighted by molar-refractivity contribution is 0.0492. The fourth-order valence-corrected chi connectivity index (χ4v) is 3.99. The number of piperidine rings is 1. The van der Waals surface area contributed by atoms with E-state index in [2.05, 4.69) is 30.4 Å². The number of hydrogen-bond donors (Lipinski definition) is 2. The van der Waals surface area contributed by atoms with Crippen molar-refractivity contribution in [2.24, 2.45) is 0 Å². The van der Waals surface area contributed by atoms with Gasteiger partial charge in [-0.25, -0.2) is 14.8 Å². The van der Waals surface area contributed by atoms with Crippen molar-refractivity contribution in [1.29, 1.82) is 0 Å². The fourth-order valence-electron chi connectivity index (χ4n) is 3.99. The number of H-pyrrole nitrogens is 1. The van der Waals surface area contributed by atoms with E-state index in [-0.39, 0.29) is 12.1 Å². The average Bonchev–Trinajstić information content (AvgIpc) is 3.07. The SMILES string of the molecule is CC(C)(C)OC(=O)N[C@@H]1C[C@H]2CC[C@@H](C1)N2c1cnc2cn[nH]c2n1. The number of amides is 1. The molecule has 0 aliphatic carbocycles. The van der Waals surface area contributed by atoms with Gasteiger partial charge in [0.1, 0.15) is 16.9 Å². The molecule has 25 heavy (non-hydrogen) atoms. The fraction of sp³-hybridized carbons (Fsp3) is 0.647. The van der Waals surface area contributed by atoms with Crippen LogP contribution in [0.25, 0.3) is 11.2 Å². The van der Waals surface area contributed by atoms with Crippen LogP contribution in [-0.2, 0) is 4.74 Å². The van der Waals surface area contributed by atoms with Crippen molar-refractivity contribution in [3.63, 3.8) is 0 Å². The summed E-state index contributed by atoms with van der Waals surface area (Å²) in [5, 5.41) is 9.90. The first-order valence-electron chi connectivity index (χ1n) is 8.83. The van der Waals surface area contributed by atoms with E-state index in [1.165, 1.54) is 0 Å². The molecule has 2 saturated heterocycles. The highest BCUT2D eigenvalue weighted by atomic mass is 16.6. The van der Waals surface area contributed by atoms with Gasteiger partial charge in [-0.3, -0.25) is 5.10 Å². The van der Waals surface area contributed by atoms with Gasteiger partial charge in [0.2, 0.25) is 0 Å². The number of nitrogens with one attached hydrogen (secondary N) is 2. The summed E-state index contributed by atoms with van der Waals surface area (Å²) in [6, 6.07) is 0.883. The van der Waals surface area contributed by atoms with Gasteiger partial charge in [0.05, 0.1) is 12.4 Å². The second kappa shape index (κ2) is 5.86. The molecule has 2 aliphatic heterocycles. The van der Waals surface area contributed by atoms with Crippen molar-refractivity contribution in [3.05, 3.63) is 12.4 Å². The number of carbonyl (C=O) groups is 1. The van der Waals surface area contributed by atoms with E-state index in [1.807, 2.05) is 27.0 Å². The summed E-state index contributed by atoms with van der Waals surface area (Å²) in [5.74, 6) is 0.889. The van der Waals surface area contributed by atoms with Crippen LogP contribution in [0.2, 0.25) is 0 Å². The zero-order valence-electron chi connectivity index (χ0n) is 14.8. The topological polar surface area (TPSA) is 96.0 Å². The molecule has 2 aliphatic rings. The Hall–Kier alpha value is -2.38.